The van der Waals surface area contributed by atoms with E-state index in [-0.39, 0.29) is 0 Å². The molecule has 1 aromatic rings. The molecule has 3 heteroatoms. The summed E-state index contributed by atoms with van der Waals surface area (Å²) in [4.78, 5) is 7.07. The summed E-state index contributed by atoms with van der Waals surface area (Å²) in [6, 6.07) is 6.03. The maximum Gasteiger partial charge on any atom is 0.144 e. The number of likely N-dealkylation sites (tertiary alicyclic amines) is 1. The van der Waals surface area contributed by atoms with Crippen LogP contribution in [0.2, 0.25) is 0 Å². The number of methoxy groups -OCH3 is 1. The van der Waals surface area contributed by atoms with Crippen LogP contribution >= 0.6 is 0 Å². The summed E-state index contributed by atoms with van der Waals surface area (Å²) in [7, 11) is 1.69. The first-order chi connectivity index (χ1) is 8.22. The van der Waals surface area contributed by atoms with E-state index in [9.17, 15) is 0 Å². The van der Waals surface area contributed by atoms with Crippen molar-refractivity contribution in [2.75, 3.05) is 20.2 Å². The molecular weight excluding hydrogens is 212 g/mol. The van der Waals surface area contributed by atoms with Crippen LogP contribution in [0.4, 0.5) is 5.69 Å². The molecule has 0 spiro atoms. The quantitative estimate of drug-likeness (QED) is 0.578. The molecular formula is C14H20N2O. The molecule has 1 fully saturated rings. The molecule has 92 valence electrons. The van der Waals surface area contributed by atoms with Gasteiger partial charge in [0.2, 0.25) is 0 Å². The first-order valence-electron chi connectivity index (χ1n) is 6.16. The molecule has 0 unspecified atom stereocenters. The number of rotatable bonds is 2. The van der Waals surface area contributed by atoms with Crippen LogP contribution in [0.1, 0.15) is 25.3 Å². The van der Waals surface area contributed by atoms with E-state index in [1.807, 2.05) is 12.1 Å². The lowest BCUT2D eigenvalue weighted by atomic mass is 10.2. The monoisotopic (exact) mass is 232 g/mol. The Morgan fingerprint density at radius 3 is 2.65 bits per heavy atom. The number of aryl methyl sites for hydroxylation is 1. The molecule has 0 N–H and O–H groups in total. The second-order valence-electron chi connectivity index (χ2n) is 4.48. The van der Waals surface area contributed by atoms with E-state index in [2.05, 4.69) is 24.8 Å². The van der Waals surface area contributed by atoms with Crippen LogP contribution in [0.15, 0.2) is 23.2 Å². The second-order valence-corrected chi connectivity index (χ2v) is 4.48. The lowest BCUT2D eigenvalue weighted by Gasteiger charge is -2.17. The fraction of sp³-hybridized carbons (Fsp3) is 0.500. The zero-order valence-electron chi connectivity index (χ0n) is 10.9. The first-order valence-corrected chi connectivity index (χ1v) is 6.16. The Labute approximate surface area is 103 Å². The Morgan fingerprint density at radius 2 is 2.00 bits per heavy atom. The normalized spacial score (nSPS) is 16.4. The van der Waals surface area contributed by atoms with Gasteiger partial charge in [-0.25, -0.2) is 4.99 Å². The highest BCUT2D eigenvalue weighted by Crippen LogP contribution is 2.31. The number of para-hydroxylation sites is 1. The molecule has 1 aliphatic rings. The number of aliphatic imine (C=N–C) groups is 1. The SMILES string of the molecule is COc1cccc(C)c1N=C(C)N1CCCC1. The van der Waals surface area contributed by atoms with Gasteiger partial charge in [-0.15, -0.1) is 0 Å². The summed E-state index contributed by atoms with van der Waals surface area (Å²) < 4.78 is 5.36. The maximum absolute atomic E-state index is 5.36. The average Bonchev–Trinajstić information content (AvgIpc) is 2.85. The number of hydrogen-bond acceptors (Lipinski definition) is 2. The number of amidine groups is 1. The average molecular weight is 232 g/mol. The maximum atomic E-state index is 5.36. The second kappa shape index (κ2) is 5.21. The molecule has 0 atom stereocenters. The Bertz CT molecular complexity index is 420. The topological polar surface area (TPSA) is 24.8 Å². The summed E-state index contributed by atoms with van der Waals surface area (Å²) in [5.74, 6) is 1.94. The lowest BCUT2D eigenvalue weighted by molar-refractivity contribution is 0.415. The van der Waals surface area contributed by atoms with Gasteiger partial charge >= 0.3 is 0 Å². The van der Waals surface area contributed by atoms with Crippen LogP contribution in [0, 0.1) is 6.92 Å². The standard InChI is InChI=1S/C14H20N2O/c1-11-7-6-8-13(17-3)14(11)15-12(2)16-9-4-5-10-16/h6-8H,4-5,9-10H2,1-3H3. The molecule has 0 aromatic heterocycles. The van der Waals surface area contributed by atoms with Crippen molar-refractivity contribution < 1.29 is 4.74 Å². The molecule has 0 bridgehead atoms. The number of ether oxygens (including phenoxy) is 1. The Balaban J connectivity index is 2.30. The van der Waals surface area contributed by atoms with Crippen molar-refractivity contribution in [2.24, 2.45) is 4.99 Å². The van der Waals surface area contributed by atoms with E-state index >= 15 is 0 Å². The highest BCUT2D eigenvalue weighted by atomic mass is 16.5. The Morgan fingerprint density at radius 1 is 1.29 bits per heavy atom. The molecule has 0 amide bonds. The van der Waals surface area contributed by atoms with Gasteiger partial charge in [0, 0.05) is 13.1 Å². The molecule has 0 saturated carbocycles. The van der Waals surface area contributed by atoms with Crippen molar-refractivity contribution in [3.63, 3.8) is 0 Å². The van der Waals surface area contributed by atoms with E-state index in [1.165, 1.54) is 12.8 Å². The minimum Gasteiger partial charge on any atom is -0.494 e. The van der Waals surface area contributed by atoms with Crippen LogP contribution < -0.4 is 4.74 Å². The first kappa shape index (κ1) is 12.0. The zero-order valence-corrected chi connectivity index (χ0v) is 10.9. The summed E-state index contributed by atoms with van der Waals surface area (Å²) in [6.45, 7) is 6.41. The largest absolute Gasteiger partial charge is 0.494 e. The third-order valence-electron chi connectivity index (χ3n) is 3.26. The lowest BCUT2D eigenvalue weighted by Crippen LogP contribution is -2.24. The van der Waals surface area contributed by atoms with Gasteiger partial charge in [0.25, 0.3) is 0 Å². The zero-order chi connectivity index (χ0) is 12.3. The van der Waals surface area contributed by atoms with Gasteiger partial charge in [0.05, 0.1) is 7.11 Å². The van der Waals surface area contributed by atoms with Gasteiger partial charge < -0.3 is 9.64 Å². The predicted octanol–water partition coefficient (Wildman–Crippen LogP) is 3.15. The highest BCUT2D eigenvalue weighted by molar-refractivity contribution is 5.84. The van der Waals surface area contributed by atoms with Gasteiger partial charge in [-0.1, -0.05) is 12.1 Å². The summed E-state index contributed by atoms with van der Waals surface area (Å²) in [6.07, 6.45) is 2.55. The van der Waals surface area contributed by atoms with Crippen molar-refractivity contribution in [3.8, 4) is 5.75 Å². The molecule has 1 saturated heterocycles. The highest BCUT2D eigenvalue weighted by Gasteiger charge is 2.14. The summed E-state index contributed by atoms with van der Waals surface area (Å²) in [5, 5.41) is 0. The Kier molecular flexibility index (Phi) is 3.67. The molecule has 1 aromatic carbocycles. The van der Waals surface area contributed by atoms with Crippen molar-refractivity contribution >= 4 is 11.5 Å². The van der Waals surface area contributed by atoms with Crippen molar-refractivity contribution in [2.45, 2.75) is 26.7 Å². The predicted molar refractivity (Wildman–Crippen MR) is 71.3 cm³/mol. The van der Waals surface area contributed by atoms with Gasteiger partial charge in [-0.2, -0.15) is 0 Å². The summed E-state index contributed by atoms with van der Waals surface area (Å²) >= 11 is 0. The Hall–Kier alpha value is -1.51. The third kappa shape index (κ3) is 2.60. The van der Waals surface area contributed by atoms with Crippen LogP contribution in [-0.4, -0.2) is 30.9 Å². The van der Waals surface area contributed by atoms with E-state index in [1.54, 1.807) is 7.11 Å². The van der Waals surface area contributed by atoms with Crippen molar-refractivity contribution in [1.29, 1.82) is 0 Å². The minimum atomic E-state index is 0.851. The number of hydrogen-bond donors (Lipinski definition) is 0. The van der Waals surface area contributed by atoms with Crippen LogP contribution in [-0.2, 0) is 0 Å². The molecule has 1 heterocycles. The molecule has 0 aliphatic carbocycles. The van der Waals surface area contributed by atoms with E-state index in [4.69, 9.17) is 9.73 Å². The third-order valence-corrected chi connectivity index (χ3v) is 3.26. The van der Waals surface area contributed by atoms with Gasteiger partial charge in [0.1, 0.15) is 17.3 Å². The molecule has 0 radical (unpaired) electrons. The van der Waals surface area contributed by atoms with Crippen molar-refractivity contribution in [1.82, 2.24) is 4.90 Å². The minimum absolute atomic E-state index is 0.851. The molecule has 1 aliphatic heterocycles. The number of nitrogens with zero attached hydrogens (tertiary/aromatic N) is 2. The van der Waals surface area contributed by atoms with E-state index in [0.29, 0.717) is 0 Å². The summed E-state index contributed by atoms with van der Waals surface area (Å²) in [5.41, 5.74) is 2.11. The molecule has 2 rings (SSSR count). The van der Waals surface area contributed by atoms with Gasteiger partial charge in [-0.3, -0.25) is 0 Å². The smallest absolute Gasteiger partial charge is 0.144 e. The van der Waals surface area contributed by atoms with Gasteiger partial charge in [0.15, 0.2) is 0 Å². The van der Waals surface area contributed by atoms with E-state index < -0.39 is 0 Å². The van der Waals surface area contributed by atoms with Crippen LogP contribution in [0.3, 0.4) is 0 Å². The molecule has 17 heavy (non-hydrogen) atoms. The van der Waals surface area contributed by atoms with E-state index in [0.717, 1.165) is 35.9 Å². The fourth-order valence-electron chi connectivity index (χ4n) is 2.21. The van der Waals surface area contributed by atoms with Crippen LogP contribution in [0.5, 0.6) is 5.75 Å². The molecule has 3 nitrogen and oxygen atoms in total. The van der Waals surface area contributed by atoms with Crippen LogP contribution in [0.25, 0.3) is 0 Å². The number of benzene rings is 1. The van der Waals surface area contributed by atoms with Gasteiger partial charge in [-0.05, 0) is 38.3 Å². The van der Waals surface area contributed by atoms with Crippen molar-refractivity contribution in [3.05, 3.63) is 23.8 Å². The fourth-order valence-corrected chi connectivity index (χ4v) is 2.21.